The van der Waals surface area contributed by atoms with Crippen LogP contribution in [-0.4, -0.2) is 22.0 Å². The fraction of sp³-hybridized carbons (Fsp3) is 0.222. The number of carbonyl (C=O) groups is 2. The van der Waals surface area contributed by atoms with Gasteiger partial charge in [-0.2, -0.15) is 0 Å². The Morgan fingerprint density at radius 2 is 2.27 bits per heavy atom. The van der Waals surface area contributed by atoms with Crippen molar-refractivity contribution in [2.75, 3.05) is 5.32 Å². The smallest absolute Gasteiger partial charge is 0.338 e. The van der Waals surface area contributed by atoms with Crippen molar-refractivity contribution in [3.05, 3.63) is 22.5 Å². The van der Waals surface area contributed by atoms with Gasteiger partial charge in [-0.1, -0.05) is 11.6 Å². The van der Waals surface area contributed by atoms with Crippen LogP contribution in [0.5, 0.6) is 0 Å². The lowest BCUT2D eigenvalue weighted by atomic mass is 10.1. The maximum atomic E-state index is 11.1. The van der Waals surface area contributed by atoms with Crippen LogP contribution in [0.3, 0.4) is 0 Å². The van der Waals surface area contributed by atoms with Crippen molar-refractivity contribution >= 4 is 29.2 Å². The van der Waals surface area contributed by atoms with Gasteiger partial charge in [0.15, 0.2) is 0 Å². The van der Waals surface area contributed by atoms with E-state index >= 15 is 0 Å². The molecular formula is C9H7ClN2O3. The van der Waals surface area contributed by atoms with Gasteiger partial charge in [-0.25, -0.2) is 9.78 Å². The second-order valence-corrected chi connectivity index (χ2v) is 3.53. The molecule has 1 amide bonds. The third kappa shape index (κ3) is 1.78. The number of aromatic carboxylic acids is 1. The van der Waals surface area contributed by atoms with Gasteiger partial charge in [0.25, 0.3) is 0 Å². The van der Waals surface area contributed by atoms with Gasteiger partial charge in [0.2, 0.25) is 5.91 Å². The number of aromatic nitrogens is 1. The molecule has 0 fully saturated rings. The van der Waals surface area contributed by atoms with E-state index in [0.29, 0.717) is 24.2 Å². The molecule has 1 aliphatic heterocycles. The Labute approximate surface area is 90.1 Å². The van der Waals surface area contributed by atoms with E-state index in [2.05, 4.69) is 10.3 Å². The maximum Gasteiger partial charge on any atom is 0.338 e. The summed E-state index contributed by atoms with van der Waals surface area (Å²) in [5.41, 5.74) is 0.968. The van der Waals surface area contributed by atoms with Crippen molar-refractivity contribution in [2.45, 2.75) is 12.8 Å². The minimum Gasteiger partial charge on any atom is -0.478 e. The van der Waals surface area contributed by atoms with E-state index in [4.69, 9.17) is 16.7 Å². The topological polar surface area (TPSA) is 79.3 Å². The van der Waals surface area contributed by atoms with Crippen LogP contribution in [0.15, 0.2) is 6.07 Å². The number of carboxylic acid groups (broad SMARTS) is 1. The third-order valence-corrected chi connectivity index (χ3v) is 2.44. The van der Waals surface area contributed by atoms with Crippen molar-refractivity contribution in [2.24, 2.45) is 0 Å². The number of pyridine rings is 1. The molecule has 0 unspecified atom stereocenters. The van der Waals surface area contributed by atoms with E-state index in [0.717, 1.165) is 0 Å². The van der Waals surface area contributed by atoms with Gasteiger partial charge in [-0.05, 0) is 6.07 Å². The number of nitrogens with one attached hydrogen (secondary N) is 1. The van der Waals surface area contributed by atoms with Gasteiger partial charge in [0.1, 0.15) is 5.15 Å². The molecule has 2 heterocycles. The molecule has 0 aliphatic carbocycles. The van der Waals surface area contributed by atoms with E-state index in [-0.39, 0.29) is 16.6 Å². The fourth-order valence-corrected chi connectivity index (χ4v) is 1.66. The summed E-state index contributed by atoms with van der Waals surface area (Å²) in [4.78, 5) is 25.8. The highest BCUT2D eigenvalue weighted by Gasteiger charge is 2.20. The Kier molecular flexibility index (Phi) is 2.32. The SMILES string of the molecule is O=C1CCc2nc(Cl)c(C(=O)O)cc2N1. The van der Waals surface area contributed by atoms with Crippen LogP contribution in [0.4, 0.5) is 5.69 Å². The number of rotatable bonds is 1. The van der Waals surface area contributed by atoms with Crippen molar-refractivity contribution in [3.63, 3.8) is 0 Å². The quantitative estimate of drug-likeness (QED) is 0.708. The van der Waals surface area contributed by atoms with Gasteiger partial charge in [-0.3, -0.25) is 4.79 Å². The van der Waals surface area contributed by atoms with Gasteiger partial charge in [-0.15, -0.1) is 0 Å². The number of anilines is 1. The van der Waals surface area contributed by atoms with Gasteiger partial charge in [0.05, 0.1) is 16.9 Å². The van der Waals surface area contributed by atoms with E-state index in [1.165, 1.54) is 6.07 Å². The Balaban J connectivity index is 2.51. The van der Waals surface area contributed by atoms with Gasteiger partial charge < -0.3 is 10.4 Å². The molecule has 0 bridgehead atoms. The Hall–Kier alpha value is -1.62. The molecule has 0 saturated carbocycles. The number of halogens is 1. The zero-order chi connectivity index (χ0) is 11.0. The molecule has 0 aromatic carbocycles. The summed E-state index contributed by atoms with van der Waals surface area (Å²) in [6.45, 7) is 0. The second-order valence-electron chi connectivity index (χ2n) is 3.17. The summed E-state index contributed by atoms with van der Waals surface area (Å²) in [5, 5.41) is 11.3. The highest BCUT2D eigenvalue weighted by atomic mass is 35.5. The van der Waals surface area contributed by atoms with Gasteiger partial charge >= 0.3 is 5.97 Å². The molecule has 1 aromatic rings. The van der Waals surface area contributed by atoms with Crippen molar-refractivity contribution in [3.8, 4) is 0 Å². The van der Waals surface area contributed by atoms with Crippen molar-refractivity contribution in [1.82, 2.24) is 4.98 Å². The third-order valence-electron chi connectivity index (χ3n) is 2.15. The van der Waals surface area contributed by atoms with Crippen LogP contribution in [0, 0.1) is 0 Å². The van der Waals surface area contributed by atoms with E-state index in [9.17, 15) is 9.59 Å². The van der Waals surface area contributed by atoms with Crippen LogP contribution < -0.4 is 5.32 Å². The maximum absolute atomic E-state index is 11.1. The summed E-state index contributed by atoms with van der Waals surface area (Å²) < 4.78 is 0. The number of aryl methyl sites for hydroxylation is 1. The number of hydrogen-bond donors (Lipinski definition) is 2. The first kappa shape index (κ1) is 9.92. The average molecular weight is 227 g/mol. The molecule has 15 heavy (non-hydrogen) atoms. The predicted octanol–water partition coefficient (Wildman–Crippen LogP) is 1.32. The number of nitrogens with zero attached hydrogens (tertiary/aromatic N) is 1. The molecular weight excluding hydrogens is 220 g/mol. The number of fused-ring (bicyclic) bond motifs is 1. The van der Waals surface area contributed by atoms with Crippen molar-refractivity contribution < 1.29 is 14.7 Å². The molecule has 1 aliphatic rings. The standard InChI is InChI=1S/C9H7ClN2O3/c10-8-4(9(14)15)3-6-5(12-8)1-2-7(13)11-6/h3H,1-2H2,(H,11,13)(H,14,15). The lowest BCUT2D eigenvalue weighted by Crippen LogP contribution is -2.20. The van der Waals surface area contributed by atoms with Crippen LogP contribution in [0.1, 0.15) is 22.5 Å². The Morgan fingerprint density at radius 3 is 2.93 bits per heavy atom. The van der Waals surface area contributed by atoms with E-state index in [1.807, 2.05) is 0 Å². The highest BCUT2D eigenvalue weighted by Crippen LogP contribution is 2.25. The minimum atomic E-state index is -1.16. The summed E-state index contributed by atoms with van der Waals surface area (Å²) >= 11 is 5.69. The highest BCUT2D eigenvalue weighted by molar-refractivity contribution is 6.32. The zero-order valence-electron chi connectivity index (χ0n) is 7.58. The first-order valence-electron chi connectivity index (χ1n) is 4.30. The summed E-state index contributed by atoms with van der Waals surface area (Å²) in [5.74, 6) is -1.29. The lowest BCUT2D eigenvalue weighted by molar-refractivity contribution is -0.116. The monoisotopic (exact) mass is 226 g/mol. The number of carboxylic acids is 1. The molecule has 0 saturated heterocycles. The molecule has 1 aromatic heterocycles. The largest absolute Gasteiger partial charge is 0.478 e. The van der Waals surface area contributed by atoms with Crippen LogP contribution in [0.2, 0.25) is 5.15 Å². The molecule has 2 rings (SSSR count). The Bertz CT molecular complexity index is 459. The normalized spacial score (nSPS) is 14.3. The molecule has 0 atom stereocenters. The zero-order valence-corrected chi connectivity index (χ0v) is 8.34. The van der Waals surface area contributed by atoms with E-state index in [1.54, 1.807) is 0 Å². The molecule has 5 nitrogen and oxygen atoms in total. The fourth-order valence-electron chi connectivity index (χ4n) is 1.42. The van der Waals surface area contributed by atoms with Crippen LogP contribution in [-0.2, 0) is 11.2 Å². The minimum absolute atomic E-state index is 0.0441. The van der Waals surface area contributed by atoms with Crippen LogP contribution in [0.25, 0.3) is 0 Å². The first-order valence-corrected chi connectivity index (χ1v) is 4.68. The lowest BCUT2D eigenvalue weighted by Gasteiger charge is -2.16. The molecule has 2 N–H and O–H groups in total. The predicted molar refractivity (Wildman–Crippen MR) is 53.2 cm³/mol. The second kappa shape index (κ2) is 3.51. The average Bonchev–Trinajstić information content (AvgIpc) is 2.17. The molecule has 0 spiro atoms. The summed E-state index contributed by atoms with van der Waals surface area (Å²) in [6, 6.07) is 1.34. The number of amides is 1. The summed E-state index contributed by atoms with van der Waals surface area (Å²) in [7, 11) is 0. The Morgan fingerprint density at radius 1 is 1.53 bits per heavy atom. The van der Waals surface area contributed by atoms with Gasteiger partial charge in [0, 0.05) is 12.8 Å². The molecule has 0 radical (unpaired) electrons. The van der Waals surface area contributed by atoms with Crippen LogP contribution >= 0.6 is 11.6 Å². The number of carbonyl (C=O) groups excluding carboxylic acids is 1. The number of hydrogen-bond acceptors (Lipinski definition) is 3. The molecule has 78 valence electrons. The molecule has 6 heteroatoms. The summed E-state index contributed by atoms with van der Waals surface area (Å²) in [6.07, 6.45) is 0.837. The van der Waals surface area contributed by atoms with Crippen molar-refractivity contribution in [1.29, 1.82) is 0 Å². The first-order chi connectivity index (χ1) is 7.08. The van der Waals surface area contributed by atoms with E-state index < -0.39 is 5.97 Å².